The van der Waals surface area contributed by atoms with Crippen molar-refractivity contribution in [1.29, 1.82) is 0 Å². The second-order valence-electron chi connectivity index (χ2n) is 5.61. The molecule has 0 aliphatic carbocycles. The molecule has 4 amide bonds. The number of benzene rings is 1. The van der Waals surface area contributed by atoms with Crippen molar-refractivity contribution in [2.45, 2.75) is 11.8 Å². The van der Waals surface area contributed by atoms with Gasteiger partial charge in [-0.25, -0.2) is 14.1 Å². The van der Waals surface area contributed by atoms with Crippen LogP contribution in [0.4, 0.5) is 28.0 Å². The number of nitrogens with zero attached hydrogens (tertiary/aromatic N) is 2. The molecule has 0 radical (unpaired) electrons. The number of rotatable bonds is 3. The molecule has 0 bridgehead atoms. The molecule has 1 aromatic carbocycles. The first-order valence-corrected chi connectivity index (χ1v) is 7.85. The van der Waals surface area contributed by atoms with Gasteiger partial charge >= 0.3 is 12.2 Å². The summed E-state index contributed by atoms with van der Waals surface area (Å²) in [4.78, 5) is 40.7. The molecule has 1 aliphatic rings. The minimum atomic E-state index is -5.39. The second-order valence-corrected chi connectivity index (χ2v) is 6.02. The standard InChI is InChI=1S/C16H9ClF4N4O3/c17-10-6-9(3-4-11(10)18)25-13(27)15(16(19,20)21,24-14(25)28)23-12(26)8-2-1-5-22-7-8/h1-7H,(H,23,26)(H,24,28)/t15-/m0/s1. The van der Waals surface area contributed by atoms with E-state index >= 15 is 0 Å². The Morgan fingerprint density at radius 3 is 2.54 bits per heavy atom. The topological polar surface area (TPSA) is 91.4 Å². The van der Waals surface area contributed by atoms with Crippen molar-refractivity contribution in [1.82, 2.24) is 15.6 Å². The van der Waals surface area contributed by atoms with E-state index in [-0.39, 0.29) is 10.5 Å². The SMILES string of the molecule is O=C(N[C@]1(C(F)(F)F)NC(=O)N(c2ccc(F)c(Cl)c2)C1=O)c1cccnc1. The number of hydrogen-bond donors (Lipinski definition) is 2. The molecule has 0 spiro atoms. The Hall–Kier alpha value is -3.21. The number of alkyl halides is 3. The Balaban J connectivity index is 2.02. The van der Waals surface area contributed by atoms with Crippen LogP contribution in [0.5, 0.6) is 0 Å². The average Bonchev–Trinajstić information content (AvgIpc) is 2.89. The first-order chi connectivity index (χ1) is 13.1. The molecule has 2 aromatic rings. The van der Waals surface area contributed by atoms with Crippen molar-refractivity contribution in [2.75, 3.05) is 4.90 Å². The van der Waals surface area contributed by atoms with E-state index in [0.717, 1.165) is 24.4 Å². The zero-order valence-corrected chi connectivity index (χ0v) is 14.3. The smallest absolute Gasteiger partial charge is 0.314 e. The van der Waals surface area contributed by atoms with Crippen molar-refractivity contribution in [2.24, 2.45) is 0 Å². The predicted molar refractivity (Wildman–Crippen MR) is 87.9 cm³/mol. The summed E-state index contributed by atoms with van der Waals surface area (Å²) in [6, 6.07) is 3.48. The molecule has 0 saturated carbocycles. The Labute approximate surface area is 159 Å². The summed E-state index contributed by atoms with van der Waals surface area (Å²) >= 11 is 5.57. The number of aromatic nitrogens is 1. The summed E-state index contributed by atoms with van der Waals surface area (Å²) in [7, 11) is 0. The van der Waals surface area contributed by atoms with E-state index in [1.54, 1.807) is 0 Å². The molecule has 28 heavy (non-hydrogen) atoms. The third-order valence-electron chi connectivity index (χ3n) is 3.83. The highest BCUT2D eigenvalue weighted by atomic mass is 35.5. The number of pyridine rings is 1. The van der Waals surface area contributed by atoms with E-state index in [2.05, 4.69) is 4.98 Å². The molecule has 2 heterocycles. The van der Waals surface area contributed by atoms with Gasteiger partial charge in [0.05, 0.1) is 16.3 Å². The van der Waals surface area contributed by atoms with E-state index in [9.17, 15) is 31.9 Å². The van der Waals surface area contributed by atoms with Crippen LogP contribution in [0, 0.1) is 5.82 Å². The number of halogens is 5. The number of hydrogen-bond acceptors (Lipinski definition) is 4. The van der Waals surface area contributed by atoms with E-state index in [0.29, 0.717) is 0 Å². The predicted octanol–water partition coefficient (Wildman–Crippen LogP) is 2.62. The van der Waals surface area contributed by atoms with Crippen LogP contribution in [0.15, 0.2) is 42.7 Å². The zero-order valence-electron chi connectivity index (χ0n) is 13.6. The molecule has 1 atom stereocenters. The summed E-state index contributed by atoms with van der Waals surface area (Å²) in [6.07, 6.45) is -3.12. The van der Waals surface area contributed by atoms with Crippen LogP contribution in [-0.2, 0) is 4.79 Å². The van der Waals surface area contributed by atoms with E-state index in [4.69, 9.17) is 11.6 Å². The van der Waals surface area contributed by atoms with Crippen LogP contribution >= 0.6 is 11.6 Å². The lowest BCUT2D eigenvalue weighted by molar-refractivity contribution is -0.197. The Morgan fingerprint density at radius 1 is 1.25 bits per heavy atom. The van der Waals surface area contributed by atoms with Gasteiger partial charge in [0, 0.05) is 12.4 Å². The number of nitrogens with one attached hydrogen (secondary N) is 2. The third kappa shape index (κ3) is 3.13. The molecule has 2 N–H and O–H groups in total. The van der Waals surface area contributed by atoms with Gasteiger partial charge in [-0.3, -0.25) is 19.9 Å². The zero-order chi connectivity index (χ0) is 20.7. The minimum absolute atomic E-state index is 0.113. The number of carbonyl (C=O) groups is 3. The highest BCUT2D eigenvalue weighted by molar-refractivity contribution is 6.31. The summed E-state index contributed by atoms with van der Waals surface area (Å²) in [6.45, 7) is 0. The first-order valence-electron chi connectivity index (χ1n) is 7.48. The van der Waals surface area contributed by atoms with Gasteiger partial charge in [0.25, 0.3) is 17.5 Å². The summed E-state index contributed by atoms with van der Waals surface area (Å²) < 4.78 is 54.6. The molecule has 1 aromatic heterocycles. The number of imide groups is 1. The van der Waals surface area contributed by atoms with Gasteiger partial charge in [-0.2, -0.15) is 13.2 Å². The quantitative estimate of drug-likeness (QED) is 0.594. The number of anilines is 1. The van der Waals surface area contributed by atoms with Gasteiger partial charge in [0.2, 0.25) is 0 Å². The van der Waals surface area contributed by atoms with Gasteiger partial charge in [0.1, 0.15) is 5.82 Å². The van der Waals surface area contributed by atoms with Gasteiger partial charge in [-0.05, 0) is 30.3 Å². The van der Waals surface area contributed by atoms with Crippen LogP contribution in [0.3, 0.4) is 0 Å². The summed E-state index contributed by atoms with van der Waals surface area (Å²) in [5.41, 5.74) is -4.40. The molecule has 1 aliphatic heterocycles. The van der Waals surface area contributed by atoms with E-state index < -0.39 is 46.2 Å². The molecule has 1 fully saturated rings. The lowest BCUT2D eigenvalue weighted by Crippen LogP contribution is -2.69. The maximum atomic E-state index is 13.8. The fourth-order valence-electron chi connectivity index (χ4n) is 2.48. The van der Waals surface area contributed by atoms with Crippen molar-refractivity contribution < 1.29 is 31.9 Å². The van der Waals surface area contributed by atoms with Crippen molar-refractivity contribution in [3.8, 4) is 0 Å². The molecular formula is C16H9ClF4N4O3. The van der Waals surface area contributed by atoms with Gasteiger partial charge in [-0.15, -0.1) is 0 Å². The van der Waals surface area contributed by atoms with Gasteiger partial charge < -0.3 is 5.32 Å². The Bertz CT molecular complexity index is 970. The number of carbonyl (C=O) groups excluding carboxylic acids is 3. The fourth-order valence-corrected chi connectivity index (χ4v) is 2.65. The first kappa shape index (κ1) is 19.5. The average molecular weight is 417 g/mol. The highest BCUT2D eigenvalue weighted by Crippen LogP contribution is 2.36. The molecule has 1 saturated heterocycles. The normalized spacial score (nSPS) is 19.5. The van der Waals surface area contributed by atoms with Crippen LogP contribution in [0.2, 0.25) is 5.02 Å². The number of urea groups is 1. The lowest BCUT2D eigenvalue weighted by atomic mass is 10.1. The van der Waals surface area contributed by atoms with Crippen LogP contribution in [0.1, 0.15) is 10.4 Å². The Morgan fingerprint density at radius 2 is 1.96 bits per heavy atom. The second kappa shape index (κ2) is 6.75. The number of amides is 4. The highest BCUT2D eigenvalue weighted by Gasteiger charge is 2.69. The monoisotopic (exact) mass is 416 g/mol. The summed E-state index contributed by atoms with van der Waals surface area (Å²) in [5.74, 6) is -4.02. The fraction of sp³-hybridized carbons (Fsp3) is 0.125. The molecule has 0 unspecified atom stereocenters. The van der Waals surface area contributed by atoms with Crippen LogP contribution < -0.4 is 15.5 Å². The minimum Gasteiger partial charge on any atom is -0.314 e. The Kier molecular flexibility index (Phi) is 4.71. The van der Waals surface area contributed by atoms with Crippen LogP contribution in [0.25, 0.3) is 0 Å². The largest absolute Gasteiger partial charge is 0.440 e. The van der Waals surface area contributed by atoms with E-state index in [1.807, 2.05) is 0 Å². The molecule has 3 rings (SSSR count). The lowest BCUT2D eigenvalue weighted by Gasteiger charge is -2.29. The van der Waals surface area contributed by atoms with Gasteiger partial charge in [-0.1, -0.05) is 11.6 Å². The van der Waals surface area contributed by atoms with Crippen molar-refractivity contribution in [3.63, 3.8) is 0 Å². The van der Waals surface area contributed by atoms with Crippen molar-refractivity contribution in [3.05, 3.63) is 59.1 Å². The van der Waals surface area contributed by atoms with Crippen molar-refractivity contribution >= 4 is 35.1 Å². The molecule has 12 heteroatoms. The summed E-state index contributed by atoms with van der Waals surface area (Å²) in [5, 5.41) is 2.47. The van der Waals surface area contributed by atoms with Crippen LogP contribution in [-0.4, -0.2) is 34.7 Å². The maximum absolute atomic E-state index is 13.8. The van der Waals surface area contributed by atoms with Gasteiger partial charge in [0.15, 0.2) is 0 Å². The van der Waals surface area contributed by atoms with E-state index in [1.165, 1.54) is 29.0 Å². The molecule has 7 nitrogen and oxygen atoms in total. The molecule has 146 valence electrons. The maximum Gasteiger partial charge on any atom is 0.440 e. The molecular weight excluding hydrogens is 408 g/mol. The third-order valence-corrected chi connectivity index (χ3v) is 4.12.